The standard InChI is InChI=1S/C14H12ClN3OS/c1-7-8(2)20-13-11(7)12(17-14(15)18-13)16-9-4-3-5-10(19)6-9/h3-6,19H,1-2H3,(H,16,17,18). The van der Waals surface area contributed by atoms with Gasteiger partial charge in [0.15, 0.2) is 0 Å². The molecular formula is C14H12ClN3OS. The molecule has 0 fully saturated rings. The number of halogens is 1. The third-order valence-electron chi connectivity index (χ3n) is 3.11. The number of aryl methyl sites for hydroxylation is 2. The van der Waals surface area contributed by atoms with E-state index in [0.29, 0.717) is 5.82 Å². The Balaban J connectivity index is 2.15. The Bertz CT molecular complexity index is 800. The van der Waals surface area contributed by atoms with Gasteiger partial charge in [-0.1, -0.05) is 6.07 Å². The van der Waals surface area contributed by atoms with Gasteiger partial charge in [0, 0.05) is 16.6 Å². The number of rotatable bonds is 2. The van der Waals surface area contributed by atoms with Crippen molar-refractivity contribution in [1.82, 2.24) is 9.97 Å². The molecule has 0 unspecified atom stereocenters. The normalized spacial score (nSPS) is 10.9. The second-order valence-corrected chi connectivity index (χ2v) is 6.02. The smallest absolute Gasteiger partial charge is 0.225 e. The second-order valence-electron chi connectivity index (χ2n) is 4.48. The van der Waals surface area contributed by atoms with Crippen molar-refractivity contribution in [3.63, 3.8) is 0 Å². The molecule has 20 heavy (non-hydrogen) atoms. The molecule has 0 amide bonds. The first-order valence-corrected chi connectivity index (χ1v) is 7.23. The summed E-state index contributed by atoms with van der Waals surface area (Å²) >= 11 is 7.57. The highest BCUT2D eigenvalue weighted by Crippen LogP contribution is 2.35. The minimum Gasteiger partial charge on any atom is -0.508 e. The summed E-state index contributed by atoms with van der Waals surface area (Å²) in [5, 5.41) is 13.9. The number of benzene rings is 1. The number of nitrogens with one attached hydrogen (secondary N) is 1. The topological polar surface area (TPSA) is 58.0 Å². The third kappa shape index (κ3) is 2.30. The number of anilines is 2. The molecule has 0 aliphatic carbocycles. The van der Waals surface area contributed by atoms with Gasteiger partial charge in [-0.15, -0.1) is 11.3 Å². The van der Waals surface area contributed by atoms with Gasteiger partial charge in [0.1, 0.15) is 16.4 Å². The second kappa shape index (κ2) is 4.92. The van der Waals surface area contributed by atoms with Gasteiger partial charge in [-0.05, 0) is 43.1 Å². The summed E-state index contributed by atoms with van der Waals surface area (Å²) in [7, 11) is 0. The third-order valence-corrected chi connectivity index (χ3v) is 4.38. The number of aromatic hydroxyl groups is 1. The van der Waals surface area contributed by atoms with Gasteiger partial charge in [0.05, 0.1) is 5.39 Å². The van der Waals surface area contributed by atoms with Crippen LogP contribution in [0.3, 0.4) is 0 Å². The van der Waals surface area contributed by atoms with Crippen LogP contribution in [0.2, 0.25) is 5.28 Å². The first kappa shape index (κ1) is 13.1. The number of phenolic OH excluding ortho intramolecular Hbond substituents is 1. The summed E-state index contributed by atoms with van der Waals surface area (Å²) in [6.07, 6.45) is 0. The molecule has 2 N–H and O–H groups in total. The summed E-state index contributed by atoms with van der Waals surface area (Å²) in [6.45, 7) is 4.09. The molecule has 0 aliphatic heterocycles. The van der Waals surface area contributed by atoms with E-state index in [2.05, 4.69) is 15.3 Å². The first-order valence-electron chi connectivity index (χ1n) is 6.04. The van der Waals surface area contributed by atoms with E-state index < -0.39 is 0 Å². The fraction of sp³-hybridized carbons (Fsp3) is 0.143. The van der Waals surface area contributed by atoms with E-state index in [9.17, 15) is 5.11 Å². The van der Waals surface area contributed by atoms with Gasteiger partial charge in [-0.25, -0.2) is 4.98 Å². The highest BCUT2D eigenvalue weighted by molar-refractivity contribution is 7.18. The minimum absolute atomic E-state index is 0.199. The molecule has 0 atom stereocenters. The maximum atomic E-state index is 9.52. The van der Waals surface area contributed by atoms with Crippen LogP contribution >= 0.6 is 22.9 Å². The highest BCUT2D eigenvalue weighted by atomic mass is 35.5. The number of hydrogen-bond donors (Lipinski definition) is 2. The quantitative estimate of drug-likeness (QED) is 0.688. The lowest BCUT2D eigenvalue weighted by Gasteiger charge is -2.08. The molecule has 0 saturated heterocycles. The van der Waals surface area contributed by atoms with Crippen molar-refractivity contribution in [2.24, 2.45) is 0 Å². The zero-order valence-electron chi connectivity index (χ0n) is 10.9. The SMILES string of the molecule is Cc1sc2nc(Cl)nc(Nc3cccc(O)c3)c2c1C. The van der Waals surface area contributed by atoms with Gasteiger partial charge in [0.25, 0.3) is 0 Å². The summed E-state index contributed by atoms with van der Waals surface area (Å²) in [5.41, 5.74) is 1.90. The van der Waals surface area contributed by atoms with E-state index in [4.69, 9.17) is 11.6 Å². The van der Waals surface area contributed by atoms with Crippen LogP contribution in [0.1, 0.15) is 10.4 Å². The van der Waals surface area contributed by atoms with E-state index >= 15 is 0 Å². The van der Waals surface area contributed by atoms with E-state index in [-0.39, 0.29) is 11.0 Å². The lowest BCUT2D eigenvalue weighted by atomic mass is 10.2. The zero-order valence-corrected chi connectivity index (χ0v) is 12.5. The maximum absolute atomic E-state index is 9.52. The first-order chi connectivity index (χ1) is 9.54. The van der Waals surface area contributed by atoms with E-state index in [1.807, 2.05) is 19.9 Å². The number of thiophene rings is 1. The van der Waals surface area contributed by atoms with Gasteiger partial charge < -0.3 is 10.4 Å². The van der Waals surface area contributed by atoms with E-state index in [1.165, 1.54) is 4.88 Å². The summed E-state index contributed by atoms with van der Waals surface area (Å²) in [5.74, 6) is 0.858. The van der Waals surface area contributed by atoms with Crippen molar-refractivity contribution in [2.75, 3.05) is 5.32 Å². The molecule has 102 valence electrons. The van der Waals surface area contributed by atoms with Gasteiger partial charge in [-0.3, -0.25) is 0 Å². The van der Waals surface area contributed by atoms with Gasteiger partial charge >= 0.3 is 0 Å². The molecule has 2 aromatic heterocycles. The van der Waals surface area contributed by atoms with Crippen LogP contribution in [0, 0.1) is 13.8 Å². The molecule has 0 bridgehead atoms. The molecule has 0 spiro atoms. The van der Waals surface area contributed by atoms with Crippen molar-refractivity contribution in [2.45, 2.75) is 13.8 Å². The molecule has 0 radical (unpaired) electrons. The molecule has 0 saturated carbocycles. The fourth-order valence-corrected chi connectivity index (χ4v) is 3.28. The fourth-order valence-electron chi connectivity index (χ4n) is 2.03. The Labute approximate surface area is 125 Å². The van der Waals surface area contributed by atoms with E-state index in [0.717, 1.165) is 21.5 Å². The number of aromatic nitrogens is 2. The zero-order chi connectivity index (χ0) is 14.3. The molecule has 4 nitrogen and oxygen atoms in total. The van der Waals surface area contributed by atoms with Crippen LogP contribution in [-0.4, -0.2) is 15.1 Å². The lowest BCUT2D eigenvalue weighted by Crippen LogP contribution is -1.96. The van der Waals surface area contributed by atoms with Crippen molar-refractivity contribution >= 4 is 44.7 Å². The van der Waals surface area contributed by atoms with Crippen LogP contribution in [0.4, 0.5) is 11.5 Å². The molecule has 2 heterocycles. The van der Waals surface area contributed by atoms with Crippen LogP contribution in [0.5, 0.6) is 5.75 Å². The monoisotopic (exact) mass is 305 g/mol. The maximum Gasteiger partial charge on any atom is 0.225 e. The van der Waals surface area contributed by atoms with E-state index in [1.54, 1.807) is 29.5 Å². The minimum atomic E-state index is 0.199. The molecule has 3 aromatic rings. The number of nitrogens with zero attached hydrogens (tertiary/aromatic N) is 2. The number of fused-ring (bicyclic) bond motifs is 1. The predicted molar refractivity (Wildman–Crippen MR) is 83.3 cm³/mol. The molecule has 6 heteroatoms. The summed E-state index contributed by atoms with van der Waals surface area (Å²) in [4.78, 5) is 10.6. The van der Waals surface area contributed by atoms with Crippen LogP contribution < -0.4 is 5.32 Å². The Morgan fingerprint density at radius 1 is 1.25 bits per heavy atom. The Morgan fingerprint density at radius 2 is 2.05 bits per heavy atom. The summed E-state index contributed by atoms with van der Waals surface area (Å²) < 4.78 is 0. The Hall–Kier alpha value is -1.85. The lowest BCUT2D eigenvalue weighted by molar-refractivity contribution is 0.475. The Morgan fingerprint density at radius 3 is 2.80 bits per heavy atom. The number of phenols is 1. The largest absolute Gasteiger partial charge is 0.508 e. The molecular weight excluding hydrogens is 294 g/mol. The van der Waals surface area contributed by atoms with Crippen molar-refractivity contribution in [1.29, 1.82) is 0 Å². The molecule has 1 aromatic carbocycles. The average Bonchev–Trinajstić information content (AvgIpc) is 2.64. The average molecular weight is 306 g/mol. The van der Waals surface area contributed by atoms with Crippen LogP contribution in [-0.2, 0) is 0 Å². The Kier molecular flexibility index (Phi) is 3.23. The highest BCUT2D eigenvalue weighted by Gasteiger charge is 2.14. The van der Waals surface area contributed by atoms with Crippen LogP contribution in [0.15, 0.2) is 24.3 Å². The predicted octanol–water partition coefficient (Wildman–Crippen LogP) is 4.41. The van der Waals surface area contributed by atoms with Crippen molar-refractivity contribution < 1.29 is 5.11 Å². The van der Waals surface area contributed by atoms with Crippen LogP contribution in [0.25, 0.3) is 10.2 Å². The van der Waals surface area contributed by atoms with Gasteiger partial charge in [0.2, 0.25) is 5.28 Å². The van der Waals surface area contributed by atoms with Gasteiger partial charge in [-0.2, -0.15) is 4.98 Å². The molecule has 0 aliphatic rings. The molecule has 3 rings (SSSR count). The number of hydrogen-bond acceptors (Lipinski definition) is 5. The summed E-state index contributed by atoms with van der Waals surface area (Å²) in [6, 6.07) is 6.88. The van der Waals surface area contributed by atoms with Crippen molar-refractivity contribution in [3.8, 4) is 5.75 Å². The van der Waals surface area contributed by atoms with Crippen molar-refractivity contribution in [3.05, 3.63) is 40.0 Å².